The number of piperidine rings is 1. The summed E-state index contributed by atoms with van der Waals surface area (Å²) in [6, 6.07) is 6.52. The van der Waals surface area contributed by atoms with E-state index in [0.717, 1.165) is 44.5 Å². The van der Waals surface area contributed by atoms with E-state index in [0.29, 0.717) is 0 Å². The predicted octanol–water partition coefficient (Wildman–Crippen LogP) is 2.54. The smallest absolute Gasteiger partial charge is 0.260 e. The third kappa shape index (κ3) is 4.05. The largest absolute Gasteiger partial charge is 0.481 e. The van der Waals surface area contributed by atoms with Crippen LogP contribution in [-0.4, -0.2) is 43.1 Å². The molecule has 1 heterocycles. The highest BCUT2D eigenvalue weighted by Crippen LogP contribution is 2.30. The lowest BCUT2D eigenvalue weighted by Crippen LogP contribution is -2.47. The number of carbonyl (C=O) groups is 1. The molecule has 1 N–H and O–H groups in total. The summed E-state index contributed by atoms with van der Waals surface area (Å²) in [5, 5.41) is 3.15. The minimum Gasteiger partial charge on any atom is -0.481 e. The van der Waals surface area contributed by atoms with Crippen LogP contribution < -0.4 is 10.1 Å². The fourth-order valence-electron chi connectivity index (χ4n) is 3.57. The summed E-state index contributed by atoms with van der Waals surface area (Å²) in [6.45, 7) is 3.95. The van der Waals surface area contributed by atoms with E-state index >= 15 is 0 Å². The fourth-order valence-corrected chi connectivity index (χ4v) is 3.57. The number of amides is 1. The van der Waals surface area contributed by atoms with Gasteiger partial charge < -0.3 is 15.0 Å². The first-order chi connectivity index (χ1) is 11.1. The van der Waals surface area contributed by atoms with Crippen molar-refractivity contribution in [2.45, 2.75) is 57.6 Å². The Labute approximate surface area is 139 Å². The predicted molar refractivity (Wildman–Crippen MR) is 91.8 cm³/mol. The lowest BCUT2D eigenvalue weighted by atomic mass is 9.91. The van der Waals surface area contributed by atoms with Crippen LogP contribution in [0.3, 0.4) is 0 Å². The first kappa shape index (κ1) is 16.3. The lowest BCUT2D eigenvalue weighted by Gasteiger charge is -2.30. The van der Waals surface area contributed by atoms with Gasteiger partial charge >= 0.3 is 0 Å². The maximum Gasteiger partial charge on any atom is 0.260 e. The van der Waals surface area contributed by atoms with Gasteiger partial charge in [-0.05, 0) is 82.8 Å². The second kappa shape index (κ2) is 7.35. The van der Waals surface area contributed by atoms with E-state index < -0.39 is 6.10 Å². The molecule has 0 spiro atoms. The van der Waals surface area contributed by atoms with E-state index in [1.54, 1.807) is 0 Å². The van der Waals surface area contributed by atoms with Crippen LogP contribution in [0.2, 0.25) is 0 Å². The number of nitrogens with one attached hydrogen (secondary N) is 1. The van der Waals surface area contributed by atoms with E-state index in [-0.39, 0.29) is 11.9 Å². The van der Waals surface area contributed by atoms with Gasteiger partial charge in [-0.15, -0.1) is 0 Å². The van der Waals surface area contributed by atoms with E-state index in [1.807, 2.05) is 19.1 Å². The Balaban J connectivity index is 1.58. The summed E-state index contributed by atoms with van der Waals surface area (Å²) in [5.74, 6) is 0.904. The standard InChI is InChI=1S/C19H28N2O2/c1-14(19(22)20-16-10-12-21(2)13-11-16)23-18-9-5-7-15-6-3-4-8-17(15)18/h5,7,9,14,16H,3-4,6,8,10-13H2,1-2H3,(H,20,22)/t14-/m0/s1. The van der Waals surface area contributed by atoms with Crippen LogP contribution in [0.5, 0.6) is 5.75 Å². The van der Waals surface area contributed by atoms with Gasteiger partial charge in [-0.25, -0.2) is 0 Å². The molecule has 1 aromatic rings. The number of carbonyl (C=O) groups excluding carboxylic acids is 1. The van der Waals surface area contributed by atoms with Crippen molar-refractivity contribution in [2.24, 2.45) is 0 Å². The highest BCUT2D eigenvalue weighted by molar-refractivity contribution is 5.81. The molecule has 1 amide bonds. The number of fused-ring (bicyclic) bond motifs is 1. The molecule has 1 aromatic carbocycles. The first-order valence-corrected chi connectivity index (χ1v) is 8.90. The Bertz CT molecular complexity index is 550. The summed E-state index contributed by atoms with van der Waals surface area (Å²) >= 11 is 0. The molecule has 4 nitrogen and oxygen atoms in total. The summed E-state index contributed by atoms with van der Waals surface area (Å²) in [7, 11) is 2.13. The second-order valence-corrected chi connectivity index (χ2v) is 6.95. The number of likely N-dealkylation sites (tertiary alicyclic amines) is 1. The highest BCUT2D eigenvalue weighted by Gasteiger charge is 2.23. The molecule has 1 fully saturated rings. The fraction of sp³-hybridized carbons (Fsp3) is 0.632. The normalized spacial score (nSPS) is 20.6. The van der Waals surface area contributed by atoms with Crippen molar-refractivity contribution in [1.82, 2.24) is 10.2 Å². The van der Waals surface area contributed by atoms with Crippen molar-refractivity contribution >= 4 is 5.91 Å². The zero-order valence-electron chi connectivity index (χ0n) is 14.3. The Kier molecular flexibility index (Phi) is 5.21. The number of hydrogen-bond acceptors (Lipinski definition) is 3. The van der Waals surface area contributed by atoms with Gasteiger partial charge in [0.15, 0.2) is 6.10 Å². The summed E-state index contributed by atoms with van der Waals surface area (Å²) in [4.78, 5) is 14.7. The Morgan fingerprint density at radius 2 is 2.00 bits per heavy atom. The van der Waals surface area contributed by atoms with Crippen LogP contribution in [0.15, 0.2) is 18.2 Å². The quantitative estimate of drug-likeness (QED) is 0.928. The molecule has 23 heavy (non-hydrogen) atoms. The molecular weight excluding hydrogens is 288 g/mol. The molecule has 0 radical (unpaired) electrons. The van der Waals surface area contributed by atoms with Gasteiger partial charge in [0.05, 0.1) is 0 Å². The number of hydrogen-bond donors (Lipinski definition) is 1. The van der Waals surface area contributed by atoms with Crippen molar-refractivity contribution < 1.29 is 9.53 Å². The molecule has 4 heteroatoms. The third-order valence-electron chi connectivity index (χ3n) is 5.09. The van der Waals surface area contributed by atoms with Crippen molar-refractivity contribution in [1.29, 1.82) is 0 Å². The van der Waals surface area contributed by atoms with Crippen LogP contribution in [0, 0.1) is 0 Å². The minimum atomic E-state index is -0.442. The summed E-state index contributed by atoms with van der Waals surface area (Å²) in [5.41, 5.74) is 2.69. The highest BCUT2D eigenvalue weighted by atomic mass is 16.5. The molecule has 3 rings (SSSR count). The van der Waals surface area contributed by atoms with E-state index in [4.69, 9.17) is 4.74 Å². The van der Waals surface area contributed by atoms with Crippen molar-refractivity contribution in [3.8, 4) is 5.75 Å². The maximum atomic E-state index is 12.4. The molecule has 1 aliphatic carbocycles. The van der Waals surface area contributed by atoms with Gasteiger partial charge in [-0.2, -0.15) is 0 Å². The van der Waals surface area contributed by atoms with E-state index in [1.165, 1.54) is 24.0 Å². The number of aryl methyl sites for hydroxylation is 1. The molecule has 1 saturated heterocycles. The van der Waals surface area contributed by atoms with Gasteiger partial charge in [0.25, 0.3) is 5.91 Å². The molecule has 1 atom stereocenters. The molecular formula is C19H28N2O2. The molecule has 0 unspecified atom stereocenters. The molecule has 1 aliphatic heterocycles. The van der Waals surface area contributed by atoms with Gasteiger partial charge in [0.1, 0.15) is 5.75 Å². The van der Waals surface area contributed by atoms with Gasteiger partial charge in [0.2, 0.25) is 0 Å². The van der Waals surface area contributed by atoms with E-state index in [2.05, 4.69) is 23.3 Å². The first-order valence-electron chi connectivity index (χ1n) is 8.90. The molecule has 126 valence electrons. The monoisotopic (exact) mass is 316 g/mol. The Morgan fingerprint density at radius 1 is 1.26 bits per heavy atom. The van der Waals surface area contributed by atoms with Crippen molar-refractivity contribution in [3.05, 3.63) is 29.3 Å². The SMILES string of the molecule is C[C@H](Oc1cccc2c1CCCC2)C(=O)NC1CCN(C)CC1. The number of ether oxygens (including phenoxy) is 1. The molecule has 2 aliphatic rings. The summed E-state index contributed by atoms with van der Waals surface area (Å²) in [6.07, 6.45) is 6.26. The number of rotatable bonds is 4. The zero-order chi connectivity index (χ0) is 16.2. The Morgan fingerprint density at radius 3 is 2.78 bits per heavy atom. The summed E-state index contributed by atoms with van der Waals surface area (Å²) < 4.78 is 6.01. The minimum absolute atomic E-state index is 0.00738. The molecule has 0 bridgehead atoms. The van der Waals surface area contributed by atoms with Gasteiger partial charge in [-0.3, -0.25) is 4.79 Å². The molecule has 0 aromatic heterocycles. The van der Waals surface area contributed by atoms with Crippen LogP contribution >= 0.6 is 0 Å². The number of nitrogens with zero attached hydrogens (tertiary/aromatic N) is 1. The zero-order valence-corrected chi connectivity index (χ0v) is 14.3. The molecule has 0 saturated carbocycles. The number of benzene rings is 1. The van der Waals surface area contributed by atoms with Crippen molar-refractivity contribution in [2.75, 3.05) is 20.1 Å². The maximum absolute atomic E-state index is 12.4. The Hall–Kier alpha value is -1.55. The average Bonchev–Trinajstić information content (AvgIpc) is 2.57. The van der Waals surface area contributed by atoms with Crippen LogP contribution in [0.4, 0.5) is 0 Å². The van der Waals surface area contributed by atoms with Gasteiger partial charge in [-0.1, -0.05) is 12.1 Å². The second-order valence-electron chi connectivity index (χ2n) is 6.95. The van der Waals surface area contributed by atoms with Crippen molar-refractivity contribution in [3.63, 3.8) is 0 Å². The van der Waals surface area contributed by atoms with Crippen LogP contribution in [0.25, 0.3) is 0 Å². The van der Waals surface area contributed by atoms with Gasteiger partial charge in [0, 0.05) is 6.04 Å². The lowest BCUT2D eigenvalue weighted by molar-refractivity contribution is -0.128. The van der Waals surface area contributed by atoms with Crippen LogP contribution in [-0.2, 0) is 17.6 Å². The topological polar surface area (TPSA) is 41.6 Å². The third-order valence-corrected chi connectivity index (χ3v) is 5.09. The van der Waals surface area contributed by atoms with Crippen LogP contribution in [0.1, 0.15) is 43.7 Å². The average molecular weight is 316 g/mol. The van der Waals surface area contributed by atoms with E-state index in [9.17, 15) is 4.79 Å².